The second kappa shape index (κ2) is 2.97. The lowest BCUT2D eigenvalue weighted by Crippen LogP contribution is -2.47. The lowest BCUT2D eigenvalue weighted by Gasteiger charge is -2.52. The van der Waals surface area contributed by atoms with Crippen molar-refractivity contribution in [2.24, 2.45) is 17.3 Å². The molecule has 0 radical (unpaired) electrons. The summed E-state index contributed by atoms with van der Waals surface area (Å²) in [5.41, 5.74) is 0.463. The van der Waals surface area contributed by atoms with Crippen LogP contribution in [0.4, 0.5) is 0 Å². The first kappa shape index (κ1) is 9.50. The molecule has 76 valence electrons. The van der Waals surface area contributed by atoms with Crippen LogP contribution in [0, 0.1) is 17.3 Å². The smallest absolute Gasteiger partial charge is 0.143 e. The zero-order valence-electron chi connectivity index (χ0n) is 8.32. The lowest BCUT2D eigenvalue weighted by atomic mass is 9.54. The van der Waals surface area contributed by atoms with Crippen molar-refractivity contribution in [2.45, 2.75) is 44.8 Å². The fourth-order valence-electron chi connectivity index (χ4n) is 3.25. The first-order valence-electron chi connectivity index (χ1n) is 5.18. The number of hydrogen-bond acceptors (Lipinski definition) is 2. The maximum absolute atomic E-state index is 11.0. The third-order valence-electron chi connectivity index (χ3n) is 4.46. The van der Waals surface area contributed by atoms with Crippen LogP contribution in [-0.4, -0.2) is 13.7 Å². The van der Waals surface area contributed by atoms with Gasteiger partial charge in [0.05, 0.1) is 5.25 Å². The molecule has 3 aliphatic carbocycles. The molecule has 13 heavy (non-hydrogen) atoms. The van der Waals surface area contributed by atoms with Gasteiger partial charge in [-0.05, 0) is 36.5 Å². The second-order valence-corrected chi connectivity index (χ2v) is 6.29. The van der Waals surface area contributed by atoms with Crippen molar-refractivity contribution in [1.82, 2.24) is 0 Å². The molecule has 0 aromatic carbocycles. The van der Waals surface area contributed by atoms with Gasteiger partial charge in [0.25, 0.3) is 0 Å². The average molecular weight is 202 g/mol. The van der Waals surface area contributed by atoms with Crippen LogP contribution in [0.1, 0.15) is 39.5 Å². The van der Waals surface area contributed by atoms with Crippen molar-refractivity contribution < 1.29 is 8.42 Å². The molecule has 0 aromatic rings. The average Bonchev–Trinajstić information content (AvgIpc) is 2.31. The summed E-state index contributed by atoms with van der Waals surface area (Å²) < 4.78 is 22.1. The van der Waals surface area contributed by atoms with Gasteiger partial charge in [0.2, 0.25) is 0 Å². The SMILES string of the molecule is CC1C2CC1(C)CCC[C@H]2[SH](=O)=O. The predicted octanol–water partition coefficient (Wildman–Crippen LogP) is 1.81. The molecule has 3 unspecified atom stereocenters. The standard InChI is InChI=1S/C10H18O2S/c1-7-8-6-10(7,2)5-3-4-9(8)13(11)12/h7-9,13H,3-6H2,1-2H3/t7?,8?,9-,10?/m1/s1. The predicted molar refractivity (Wildman–Crippen MR) is 53.3 cm³/mol. The Balaban J connectivity index is 2.20. The third-order valence-corrected chi connectivity index (χ3v) is 5.64. The summed E-state index contributed by atoms with van der Waals surface area (Å²) in [5, 5.41) is -0.0134. The summed E-state index contributed by atoms with van der Waals surface area (Å²) in [6.07, 6.45) is 4.38. The highest BCUT2D eigenvalue weighted by Crippen LogP contribution is 2.58. The molecule has 3 saturated carbocycles. The zero-order valence-corrected chi connectivity index (χ0v) is 9.22. The molecule has 4 atom stereocenters. The Morgan fingerprint density at radius 1 is 1.38 bits per heavy atom. The van der Waals surface area contributed by atoms with E-state index in [1.165, 1.54) is 6.42 Å². The molecule has 3 heteroatoms. The van der Waals surface area contributed by atoms with Crippen molar-refractivity contribution in [3.63, 3.8) is 0 Å². The lowest BCUT2D eigenvalue weighted by molar-refractivity contribution is -0.00719. The summed E-state index contributed by atoms with van der Waals surface area (Å²) >= 11 is 0. The van der Waals surface area contributed by atoms with E-state index in [2.05, 4.69) is 13.8 Å². The van der Waals surface area contributed by atoms with Crippen LogP contribution in [-0.2, 0) is 10.7 Å². The quantitative estimate of drug-likeness (QED) is 0.658. The summed E-state index contributed by atoms with van der Waals surface area (Å²) in [4.78, 5) is 0. The van der Waals surface area contributed by atoms with E-state index in [9.17, 15) is 8.42 Å². The third kappa shape index (κ3) is 1.32. The molecule has 3 rings (SSSR count). The molecule has 0 saturated heterocycles. The van der Waals surface area contributed by atoms with Gasteiger partial charge in [0.1, 0.15) is 10.7 Å². The normalized spacial score (nSPS) is 49.9. The number of rotatable bonds is 1. The van der Waals surface area contributed by atoms with E-state index in [0.29, 0.717) is 17.3 Å². The molecule has 3 fully saturated rings. The minimum absolute atomic E-state index is 0.0134. The number of hydrogen-bond donors (Lipinski definition) is 1. The van der Waals surface area contributed by atoms with Gasteiger partial charge in [0.15, 0.2) is 0 Å². The minimum Gasteiger partial charge on any atom is -0.232 e. The Kier molecular flexibility index (Phi) is 2.17. The molecule has 3 aliphatic rings. The first-order chi connectivity index (χ1) is 6.04. The van der Waals surface area contributed by atoms with E-state index in [-0.39, 0.29) is 5.25 Å². The highest BCUT2D eigenvalue weighted by molar-refractivity contribution is 7.73. The van der Waals surface area contributed by atoms with E-state index in [4.69, 9.17) is 0 Å². The van der Waals surface area contributed by atoms with E-state index >= 15 is 0 Å². The van der Waals surface area contributed by atoms with Gasteiger partial charge in [-0.25, -0.2) is 8.42 Å². The molecule has 2 bridgehead atoms. The van der Waals surface area contributed by atoms with E-state index in [1.54, 1.807) is 0 Å². The Labute approximate surface area is 81.7 Å². The molecule has 0 spiro atoms. The van der Waals surface area contributed by atoms with Gasteiger partial charge in [0, 0.05) is 0 Å². The zero-order chi connectivity index (χ0) is 9.64. The van der Waals surface area contributed by atoms with Crippen molar-refractivity contribution in [3.05, 3.63) is 0 Å². The van der Waals surface area contributed by atoms with Crippen LogP contribution < -0.4 is 0 Å². The van der Waals surface area contributed by atoms with Crippen LogP contribution >= 0.6 is 0 Å². The Morgan fingerprint density at radius 2 is 2.08 bits per heavy atom. The van der Waals surface area contributed by atoms with Gasteiger partial charge in [-0.3, -0.25) is 0 Å². The fourth-order valence-corrected chi connectivity index (χ4v) is 4.32. The summed E-state index contributed by atoms with van der Waals surface area (Å²) in [6, 6.07) is 0. The molecular weight excluding hydrogens is 184 g/mol. The molecule has 0 heterocycles. The topological polar surface area (TPSA) is 34.1 Å². The van der Waals surface area contributed by atoms with Crippen LogP contribution in [0.3, 0.4) is 0 Å². The molecule has 0 amide bonds. The van der Waals surface area contributed by atoms with Crippen LogP contribution in [0.25, 0.3) is 0 Å². The summed E-state index contributed by atoms with van der Waals surface area (Å²) in [5.74, 6) is 1.08. The number of thiol groups is 1. The molecule has 0 aromatic heterocycles. The summed E-state index contributed by atoms with van der Waals surface area (Å²) in [6.45, 7) is 4.54. The van der Waals surface area contributed by atoms with Crippen molar-refractivity contribution in [2.75, 3.05) is 0 Å². The van der Waals surface area contributed by atoms with Gasteiger partial charge in [-0.15, -0.1) is 0 Å². The highest BCUT2D eigenvalue weighted by atomic mass is 32.2. The van der Waals surface area contributed by atoms with E-state index in [1.807, 2.05) is 0 Å². The van der Waals surface area contributed by atoms with Crippen LogP contribution in [0.15, 0.2) is 0 Å². The van der Waals surface area contributed by atoms with Crippen LogP contribution in [0.2, 0.25) is 0 Å². The monoisotopic (exact) mass is 202 g/mol. The maximum Gasteiger partial charge on any atom is 0.143 e. The van der Waals surface area contributed by atoms with Gasteiger partial charge in [-0.1, -0.05) is 20.3 Å². The molecule has 2 nitrogen and oxygen atoms in total. The van der Waals surface area contributed by atoms with Crippen molar-refractivity contribution >= 4 is 10.7 Å². The molecular formula is C10H18O2S. The maximum atomic E-state index is 11.0. The summed E-state index contributed by atoms with van der Waals surface area (Å²) in [7, 11) is -2.19. The van der Waals surface area contributed by atoms with E-state index in [0.717, 1.165) is 19.3 Å². The Morgan fingerprint density at radius 3 is 2.62 bits per heavy atom. The second-order valence-electron chi connectivity index (χ2n) is 5.06. The Hall–Kier alpha value is -0.0500. The minimum atomic E-state index is -2.19. The van der Waals surface area contributed by atoms with Crippen molar-refractivity contribution in [3.8, 4) is 0 Å². The number of fused-ring (bicyclic) bond motifs is 3. The first-order valence-corrected chi connectivity index (χ1v) is 6.43. The fraction of sp³-hybridized carbons (Fsp3) is 1.00. The van der Waals surface area contributed by atoms with Crippen molar-refractivity contribution in [1.29, 1.82) is 0 Å². The van der Waals surface area contributed by atoms with Crippen LogP contribution in [0.5, 0.6) is 0 Å². The molecule has 0 aliphatic heterocycles. The largest absolute Gasteiger partial charge is 0.232 e. The van der Waals surface area contributed by atoms with Gasteiger partial charge in [-0.2, -0.15) is 0 Å². The van der Waals surface area contributed by atoms with E-state index < -0.39 is 10.7 Å². The highest BCUT2D eigenvalue weighted by Gasteiger charge is 2.52. The van der Waals surface area contributed by atoms with Gasteiger partial charge >= 0.3 is 0 Å². The van der Waals surface area contributed by atoms with Gasteiger partial charge < -0.3 is 0 Å². The Bertz CT molecular complexity index is 277. The molecule has 0 N–H and O–H groups in total.